The van der Waals surface area contributed by atoms with Crippen molar-refractivity contribution in [1.82, 2.24) is 10.3 Å². The molecule has 0 aliphatic rings. The van der Waals surface area contributed by atoms with Crippen molar-refractivity contribution >= 4 is 23.0 Å². The highest BCUT2D eigenvalue weighted by molar-refractivity contribution is 7.17. The number of rotatable bonds is 8. The van der Waals surface area contributed by atoms with Gasteiger partial charge in [-0.2, -0.15) is 0 Å². The van der Waals surface area contributed by atoms with Gasteiger partial charge in [0.15, 0.2) is 16.4 Å². The average molecular weight is 437 g/mol. The van der Waals surface area contributed by atoms with Gasteiger partial charge in [-0.15, -0.1) is 11.3 Å². The predicted molar refractivity (Wildman–Crippen MR) is 125 cm³/mol. The topological polar surface area (TPSA) is 68.3 Å². The lowest BCUT2D eigenvalue weighted by molar-refractivity contribution is -0.129. The molecule has 0 aliphatic heterocycles. The molecule has 1 aromatic heterocycles. The van der Waals surface area contributed by atoms with E-state index < -0.39 is 5.60 Å². The van der Waals surface area contributed by atoms with Crippen molar-refractivity contribution in [2.24, 2.45) is 0 Å². The number of nitrogens with zero attached hydrogens (tertiary/aromatic N) is 1. The van der Waals surface area contributed by atoms with Crippen LogP contribution in [0, 0.1) is 6.92 Å². The van der Waals surface area contributed by atoms with Crippen LogP contribution in [0.5, 0.6) is 5.75 Å². The van der Waals surface area contributed by atoms with E-state index in [4.69, 9.17) is 4.74 Å². The molecule has 6 heteroatoms. The number of Topliss-reactive ketones (excluding diaryl/α,β-unsaturated/α-hetero) is 1. The number of hydrogen-bond acceptors (Lipinski definition) is 5. The fourth-order valence-electron chi connectivity index (χ4n) is 2.95. The molecule has 5 nitrogen and oxygen atoms in total. The summed E-state index contributed by atoms with van der Waals surface area (Å²) in [5.41, 5.74) is 3.28. The van der Waals surface area contributed by atoms with Crippen molar-refractivity contribution < 1.29 is 14.3 Å². The first-order valence-corrected chi connectivity index (χ1v) is 11.1. The maximum absolute atomic E-state index is 12.6. The molecule has 0 radical (unpaired) electrons. The van der Waals surface area contributed by atoms with E-state index in [1.54, 1.807) is 26.0 Å². The van der Waals surface area contributed by atoms with Crippen molar-refractivity contribution in [3.8, 4) is 16.2 Å². The molecule has 0 unspecified atom stereocenters. The summed E-state index contributed by atoms with van der Waals surface area (Å²) in [6.45, 7) is 9.43. The number of aromatic nitrogens is 1. The minimum atomic E-state index is -0.868. The van der Waals surface area contributed by atoms with Gasteiger partial charge in [0.1, 0.15) is 5.75 Å². The summed E-state index contributed by atoms with van der Waals surface area (Å²) in [5, 5.41) is 3.38. The highest BCUT2D eigenvalue weighted by atomic mass is 32.1. The summed E-state index contributed by atoms with van der Waals surface area (Å²) in [6, 6.07) is 15.7. The van der Waals surface area contributed by atoms with Crippen LogP contribution in [0.4, 0.5) is 0 Å². The Balaban J connectivity index is 1.62. The van der Waals surface area contributed by atoms with Gasteiger partial charge in [0, 0.05) is 6.54 Å². The largest absolute Gasteiger partial charge is 0.480 e. The van der Waals surface area contributed by atoms with Gasteiger partial charge in [0.05, 0.1) is 10.6 Å². The molecule has 1 amide bonds. The first kappa shape index (κ1) is 22.7. The van der Waals surface area contributed by atoms with Crippen LogP contribution in [-0.2, 0) is 17.8 Å². The van der Waals surface area contributed by atoms with E-state index in [1.165, 1.54) is 23.8 Å². The standard InChI is InChI=1S/C25H28N2O3S/c1-6-18-7-11-20(12-8-18)22-16(2)27-24(31-22)23(29)26-15-19-9-13-21(14-10-19)30-25(4,5)17(3)28/h7-14H,6,15H2,1-5H3,(H,26,29). The summed E-state index contributed by atoms with van der Waals surface area (Å²) >= 11 is 1.41. The smallest absolute Gasteiger partial charge is 0.280 e. The van der Waals surface area contributed by atoms with E-state index in [9.17, 15) is 9.59 Å². The number of amides is 1. The third-order valence-corrected chi connectivity index (χ3v) is 6.42. The van der Waals surface area contributed by atoms with Crippen molar-refractivity contribution in [3.05, 3.63) is 70.4 Å². The second-order valence-corrected chi connectivity index (χ2v) is 8.98. The van der Waals surface area contributed by atoms with Crippen molar-refractivity contribution in [2.45, 2.75) is 53.2 Å². The van der Waals surface area contributed by atoms with Crippen LogP contribution in [0.25, 0.3) is 10.4 Å². The van der Waals surface area contributed by atoms with Gasteiger partial charge in [0.2, 0.25) is 0 Å². The molecule has 3 rings (SSSR count). The third kappa shape index (κ3) is 5.58. The zero-order chi connectivity index (χ0) is 22.6. The van der Waals surface area contributed by atoms with E-state index in [2.05, 4.69) is 41.5 Å². The number of aryl methyl sites for hydroxylation is 2. The van der Waals surface area contributed by atoms with Gasteiger partial charge in [-0.3, -0.25) is 9.59 Å². The van der Waals surface area contributed by atoms with Gasteiger partial charge in [-0.25, -0.2) is 4.98 Å². The quantitative estimate of drug-likeness (QED) is 0.516. The monoisotopic (exact) mass is 436 g/mol. The molecule has 2 aromatic carbocycles. The number of ether oxygens (including phenoxy) is 1. The fourth-order valence-corrected chi connectivity index (χ4v) is 3.94. The molecule has 0 saturated carbocycles. The van der Waals surface area contributed by atoms with Crippen LogP contribution >= 0.6 is 11.3 Å². The molecule has 1 N–H and O–H groups in total. The van der Waals surface area contributed by atoms with Gasteiger partial charge < -0.3 is 10.1 Å². The van der Waals surface area contributed by atoms with Crippen LogP contribution < -0.4 is 10.1 Å². The summed E-state index contributed by atoms with van der Waals surface area (Å²) in [7, 11) is 0. The number of ketones is 1. The number of carbonyl (C=O) groups is 2. The van der Waals surface area contributed by atoms with Crippen molar-refractivity contribution in [2.75, 3.05) is 0 Å². The Morgan fingerprint density at radius 1 is 1.03 bits per heavy atom. The van der Waals surface area contributed by atoms with Crippen LogP contribution in [0.3, 0.4) is 0 Å². The highest BCUT2D eigenvalue weighted by Crippen LogP contribution is 2.30. The highest BCUT2D eigenvalue weighted by Gasteiger charge is 2.25. The lowest BCUT2D eigenvalue weighted by atomic mass is 10.1. The number of benzene rings is 2. The summed E-state index contributed by atoms with van der Waals surface area (Å²) in [4.78, 5) is 29.7. The Kier molecular flexibility index (Phi) is 6.91. The van der Waals surface area contributed by atoms with Crippen LogP contribution in [-0.4, -0.2) is 22.3 Å². The van der Waals surface area contributed by atoms with E-state index in [1.807, 2.05) is 19.1 Å². The summed E-state index contributed by atoms with van der Waals surface area (Å²) < 4.78 is 5.74. The van der Waals surface area contributed by atoms with Crippen LogP contribution in [0.2, 0.25) is 0 Å². The van der Waals surface area contributed by atoms with Crippen LogP contribution in [0.1, 0.15) is 54.3 Å². The minimum Gasteiger partial charge on any atom is -0.480 e. The fraction of sp³-hybridized carbons (Fsp3) is 0.320. The van der Waals surface area contributed by atoms with E-state index in [0.717, 1.165) is 28.1 Å². The molecular formula is C25H28N2O3S. The number of thiazole rings is 1. The van der Waals surface area contributed by atoms with E-state index in [0.29, 0.717) is 17.3 Å². The molecule has 0 spiro atoms. The predicted octanol–water partition coefficient (Wildman–Crippen LogP) is 5.36. The van der Waals surface area contributed by atoms with Gasteiger partial charge in [-0.1, -0.05) is 43.3 Å². The normalized spacial score (nSPS) is 11.3. The van der Waals surface area contributed by atoms with E-state index in [-0.39, 0.29) is 11.7 Å². The molecule has 0 saturated heterocycles. The molecule has 1 heterocycles. The second-order valence-electron chi connectivity index (χ2n) is 7.98. The molecule has 0 aliphatic carbocycles. The number of nitrogens with one attached hydrogen (secondary N) is 1. The molecule has 162 valence electrons. The molecule has 0 atom stereocenters. The Morgan fingerprint density at radius 3 is 2.23 bits per heavy atom. The maximum atomic E-state index is 12.6. The van der Waals surface area contributed by atoms with E-state index >= 15 is 0 Å². The zero-order valence-corrected chi connectivity index (χ0v) is 19.4. The molecule has 3 aromatic rings. The molecular weight excluding hydrogens is 408 g/mol. The maximum Gasteiger partial charge on any atom is 0.280 e. The summed E-state index contributed by atoms with van der Waals surface area (Å²) in [5.74, 6) is 0.385. The number of hydrogen-bond donors (Lipinski definition) is 1. The molecule has 31 heavy (non-hydrogen) atoms. The zero-order valence-electron chi connectivity index (χ0n) is 18.6. The Hall–Kier alpha value is -2.99. The SMILES string of the molecule is CCc1ccc(-c2sc(C(=O)NCc3ccc(OC(C)(C)C(C)=O)cc3)nc2C)cc1. The first-order chi connectivity index (χ1) is 14.7. The van der Waals surface area contributed by atoms with Crippen molar-refractivity contribution in [3.63, 3.8) is 0 Å². The lowest BCUT2D eigenvalue weighted by Crippen LogP contribution is -2.36. The lowest BCUT2D eigenvalue weighted by Gasteiger charge is -2.23. The molecule has 0 fully saturated rings. The second kappa shape index (κ2) is 9.43. The molecule has 0 bridgehead atoms. The average Bonchev–Trinajstić information content (AvgIpc) is 3.14. The Morgan fingerprint density at radius 2 is 1.65 bits per heavy atom. The van der Waals surface area contributed by atoms with Gasteiger partial charge in [-0.05, 0) is 62.9 Å². The van der Waals surface area contributed by atoms with Crippen LogP contribution in [0.15, 0.2) is 48.5 Å². The Labute approximate surface area is 187 Å². The van der Waals surface area contributed by atoms with Gasteiger partial charge in [0.25, 0.3) is 5.91 Å². The minimum absolute atomic E-state index is 0.0387. The number of carbonyl (C=O) groups excluding carboxylic acids is 2. The van der Waals surface area contributed by atoms with Crippen molar-refractivity contribution in [1.29, 1.82) is 0 Å². The first-order valence-electron chi connectivity index (χ1n) is 10.3. The third-order valence-electron chi connectivity index (χ3n) is 5.21. The summed E-state index contributed by atoms with van der Waals surface area (Å²) in [6.07, 6.45) is 0.997. The van der Waals surface area contributed by atoms with Gasteiger partial charge >= 0.3 is 0 Å². The Bertz CT molecular complexity index is 1070.